The molecule has 0 radical (unpaired) electrons. The number of aromatic amines is 1. The van der Waals surface area contributed by atoms with Gasteiger partial charge in [-0.25, -0.2) is 4.39 Å². The Bertz CT molecular complexity index is 1270. The molecule has 1 aliphatic rings. The Morgan fingerprint density at radius 2 is 2.03 bits per heavy atom. The predicted molar refractivity (Wildman–Crippen MR) is 118 cm³/mol. The monoisotopic (exact) mass is 454 g/mol. The molecule has 4 aromatic rings. The van der Waals surface area contributed by atoms with Crippen molar-refractivity contribution in [3.05, 3.63) is 60.8 Å². The second-order valence-corrected chi connectivity index (χ2v) is 7.77. The van der Waals surface area contributed by atoms with E-state index in [9.17, 15) is 13.2 Å². The van der Waals surface area contributed by atoms with Gasteiger partial charge in [0.15, 0.2) is 11.6 Å². The molecule has 0 unspecified atom stereocenters. The third kappa shape index (κ3) is 4.36. The van der Waals surface area contributed by atoms with Crippen LogP contribution < -0.4 is 14.8 Å². The van der Waals surface area contributed by atoms with Crippen LogP contribution in [0.25, 0.3) is 33.4 Å². The van der Waals surface area contributed by atoms with E-state index in [0.29, 0.717) is 34.7 Å². The average Bonchev–Trinajstić information content (AvgIpc) is 3.47. The van der Waals surface area contributed by atoms with Crippen LogP contribution in [0, 0.1) is 5.82 Å². The number of rotatable bonds is 7. The Balaban J connectivity index is 1.62. The van der Waals surface area contributed by atoms with E-state index in [-0.39, 0.29) is 6.04 Å². The summed E-state index contributed by atoms with van der Waals surface area (Å²) in [5.74, 6) is -0.826. The van der Waals surface area contributed by atoms with E-state index in [2.05, 4.69) is 25.0 Å². The molecule has 6 nitrogen and oxygen atoms in total. The molecule has 1 saturated heterocycles. The highest BCUT2D eigenvalue weighted by molar-refractivity contribution is 6.02. The summed E-state index contributed by atoms with van der Waals surface area (Å²) in [5.41, 5.74) is 3.85. The molecule has 0 amide bonds. The molecule has 1 atom stereocenters. The maximum atomic E-state index is 14.1. The summed E-state index contributed by atoms with van der Waals surface area (Å²) >= 11 is 0. The van der Waals surface area contributed by atoms with Crippen LogP contribution in [0.4, 0.5) is 13.2 Å². The molecule has 3 aromatic heterocycles. The van der Waals surface area contributed by atoms with Gasteiger partial charge >= 0.3 is 6.61 Å². The molecule has 0 saturated carbocycles. The van der Waals surface area contributed by atoms with Crippen molar-refractivity contribution in [2.45, 2.75) is 25.5 Å². The second kappa shape index (κ2) is 9.11. The number of hydrogen-bond donors (Lipinski definition) is 2. The van der Waals surface area contributed by atoms with E-state index in [0.717, 1.165) is 36.5 Å². The molecule has 170 valence electrons. The largest absolute Gasteiger partial charge is 0.490 e. The molecule has 9 heteroatoms. The molecule has 2 N–H and O–H groups in total. The number of halogens is 3. The van der Waals surface area contributed by atoms with Crippen molar-refractivity contribution in [2.75, 3.05) is 13.2 Å². The zero-order valence-electron chi connectivity index (χ0n) is 17.5. The maximum Gasteiger partial charge on any atom is 0.387 e. The van der Waals surface area contributed by atoms with Crippen LogP contribution in [0.3, 0.4) is 0 Å². The van der Waals surface area contributed by atoms with E-state index in [1.807, 2.05) is 12.1 Å². The second-order valence-electron chi connectivity index (χ2n) is 7.77. The molecule has 1 aliphatic heterocycles. The fourth-order valence-electron chi connectivity index (χ4n) is 4.14. The van der Waals surface area contributed by atoms with Gasteiger partial charge in [0.1, 0.15) is 12.4 Å². The van der Waals surface area contributed by atoms with Gasteiger partial charge in [0, 0.05) is 29.6 Å². The summed E-state index contributed by atoms with van der Waals surface area (Å²) in [6, 6.07) is 9.61. The normalized spacial score (nSPS) is 15.9. The van der Waals surface area contributed by atoms with Crippen LogP contribution in [-0.4, -0.2) is 40.8 Å². The molecule has 4 heterocycles. The zero-order valence-corrected chi connectivity index (χ0v) is 17.5. The third-order valence-electron chi connectivity index (χ3n) is 5.65. The number of pyridine rings is 2. The Labute approximate surface area is 187 Å². The first-order chi connectivity index (χ1) is 16.1. The Morgan fingerprint density at radius 3 is 2.85 bits per heavy atom. The van der Waals surface area contributed by atoms with Crippen LogP contribution in [0.5, 0.6) is 11.5 Å². The number of ether oxygens (including phenoxy) is 2. The van der Waals surface area contributed by atoms with Gasteiger partial charge in [-0.15, -0.1) is 0 Å². The van der Waals surface area contributed by atoms with Crippen LogP contribution in [0.15, 0.2) is 55.0 Å². The van der Waals surface area contributed by atoms with Gasteiger partial charge in [-0.2, -0.15) is 8.78 Å². The minimum atomic E-state index is -3.14. The number of nitrogens with zero attached hydrogens (tertiary/aromatic N) is 2. The number of hydrogen-bond acceptors (Lipinski definition) is 5. The number of fused-ring (bicyclic) bond motifs is 1. The average molecular weight is 454 g/mol. The minimum absolute atomic E-state index is 0.271. The van der Waals surface area contributed by atoms with Crippen molar-refractivity contribution >= 4 is 11.0 Å². The number of nitrogens with one attached hydrogen (secondary N) is 2. The summed E-state index contributed by atoms with van der Waals surface area (Å²) < 4.78 is 50.2. The lowest BCUT2D eigenvalue weighted by atomic mass is 10.00. The van der Waals surface area contributed by atoms with Gasteiger partial charge in [-0.05, 0) is 55.3 Å². The van der Waals surface area contributed by atoms with Gasteiger partial charge in [0.2, 0.25) is 0 Å². The number of alkyl halides is 2. The number of aromatic nitrogens is 3. The van der Waals surface area contributed by atoms with E-state index in [1.165, 1.54) is 12.1 Å². The summed E-state index contributed by atoms with van der Waals surface area (Å²) in [6.07, 6.45) is 7.08. The Kier molecular flexibility index (Phi) is 5.87. The van der Waals surface area contributed by atoms with E-state index in [1.54, 1.807) is 24.7 Å². The van der Waals surface area contributed by atoms with Crippen molar-refractivity contribution in [2.24, 2.45) is 0 Å². The lowest BCUT2D eigenvalue weighted by molar-refractivity contribution is -0.0521. The smallest absolute Gasteiger partial charge is 0.387 e. The summed E-state index contributed by atoms with van der Waals surface area (Å²) in [7, 11) is 0. The highest BCUT2D eigenvalue weighted by Gasteiger charge is 2.22. The number of benzene rings is 1. The molecule has 1 fully saturated rings. The summed E-state index contributed by atoms with van der Waals surface area (Å²) in [4.78, 5) is 12.0. The number of H-pyrrole nitrogens is 1. The molecular formula is C24H21F3N4O2. The fourth-order valence-corrected chi connectivity index (χ4v) is 4.14. The van der Waals surface area contributed by atoms with Crippen molar-refractivity contribution in [1.29, 1.82) is 0 Å². The fraction of sp³-hybridized carbons (Fsp3) is 0.250. The zero-order chi connectivity index (χ0) is 22.8. The van der Waals surface area contributed by atoms with Crippen molar-refractivity contribution in [3.8, 4) is 33.9 Å². The van der Waals surface area contributed by atoms with Gasteiger partial charge in [0.25, 0.3) is 0 Å². The lowest BCUT2D eigenvalue weighted by Crippen LogP contribution is -2.28. The highest BCUT2D eigenvalue weighted by atomic mass is 19.3. The van der Waals surface area contributed by atoms with Gasteiger partial charge in [0.05, 0.1) is 22.9 Å². The van der Waals surface area contributed by atoms with Crippen LogP contribution in [-0.2, 0) is 0 Å². The SMILES string of the molecule is Fc1ccc(-c2c(-c3ccncc3OC[C@@H]3CCCN3)[nH]c3cccnc23)cc1OC(F)F. The molecule has 33 heavy (non-hydrogen) atoms. The molecule has 0 aliphatic carbocycles. The first-order valence-electron chi connectivity index (χ1n) is 10.6. The van der Waals surface area contributed by atoms with Crippen molar-refractivity contribution in [1.82, 2.24) is 20.3 Å². The molecule has 0 spiro atoms. The minimum Gasteiger partial charge on any atom is -0.490 e. The topological polar surface area (TPSA) is 72.1 Å². The van der Waals surface area contributed by atoms with Gasteiger partial charge in [-0.1, -0.05) is 6.07 Å². The van der Waals surface area contributed by atoms with Crippen LogP contribution in [0.1, 0.15) is 12.8 Å². The lowest BCUT2D eigenvalue weighted by Gasteiger charge is -2.15. The van der Waals surface area contributed by atoms with Crippen molar-refractivity contribution < 1.29 is 22.6 Å². The highest BCUT2D eigenvalue weighted by Crippen LogP contribution is 2.41. The van der Waals surface area contributed by atoms with E-state index >= 15 is 0 Å². The molecular weight excluding hydrogens is 433 g/mol. The molecule has 1 aromatic carbocycles. The quantitative estimate of drug-likeness (QED) is 0.404. The standard InChI is InChI=1S/C24H21F3N4O2/c25-17-6-5-14(11-19(17)33-24(26)27)21-22(31-18-4-2-9-30-23(18)21)16-7-10-28-12-20(16)32-13-15-3-1-8-29-15/h2,4-7,9-12,15,24,29,31H,1,3,8,13H2/t15-/m0/s1. The van der Waals surface area contributed by atoms with Crippen LogP contribution in [0.2, 0.25) is 0 Å². The predicted octanol–water partition coefficient (Wildman–Crippen LogP) is 5.16. The molecule has 5 rings (SSSR count). The van der Waals surface area contributed by atoms with Crippen LogP contribution >= 0.6 is 0 Å². The Hall–Kier alpha value is -3.59. The van der Waals surface area contributed by atoms with Gasteiger partial charge < -0.3 is 19.8 Å². The van der Waals surface area contributed by atoms with E-state index < -0.39 is 18.2 Å². The summed E-state index contributed by atoms with van der Waals surface area (Å²) in [5, 5.41) is 3.40. The maximum absolute atomic E-state index is 14.1. The first-order valence-corrected chi connectivity index (χ1v) is 10.6. The third-order valence-corrected chi connectivity index (χ3v) is 5.65. The Morgan fingerprint density at radius 1 is 1.12 bits per heavy atom. The molecule has 0 bridgehead atoms. The van der Waals surface area contributed by atoms with Gasteiger partial charge in [-0.3, -0.25) is 9.97 Å². The summed E-state index contributed by atoms with van der Waals surface area (Å²) in [6.45, 7) is -1.67. The van der Waals surface area contributed by atoms with Crippen molar-refractivity contribution in [3.63, 3.8) is 0 Å². The van der Waals surface area contributed by atoms with E-state index in [4.69, 9.17) is 4.74 Å². The first kappa shape index (κ1) is 21.3.